The summed E-state index contributed by atoms with van der Waals surface area (Å²) in [5.74, 6) is 1.56. The third-order valence-electron chi connectivity index (χ3n) is 3.50. The van der Waals surface area contributed by atoms with Crippen molar-refractivity contribution in [2.45, 2.75) is 19.8 Å². The number of likely N-dealkylation sites (tertiary alicyclic amines) is 1. The number of hydrogen-bond acceptors (Lipinski definition) is 2. The highest BCUT2D eigenvalue weighted by molar-refractivity contribution is 5.91. The van der Waals surface area contributed by atoms with Crippen LogP contribution in [0.4, 0.5) is 0 Å². The van der Waals surface area contributed by atoms with Crippen molar-refractivity contribution >= 4 is 12.0 Å². The first-order valence-corrected chi connectivity index (χ1v) is 6.80. The normalized spacial score (nSPS) is 19.7. The van der Waals surface area contributed by atoms with Crippen LogP contribution in [0.15, 0.2) is 30.3 Å². The maximum absolute atomic E-state index is 12.1. The maximum atomic E-state index is 12.1. The van der Waals surface area contributed by atoms with Gasteiger partial charge < -0.3 is 9.64 Å². The summed E-state index contributed by atoms with van der Waals surface area (Å²) in [5, 5.41) is 0. The third kappa shape index (κ3) is 3.85. The van der Waals surface area contributed by atoms with E-state index in [0.29, 0.717) is 5.92 Å². The van der Waals surface area contributed by atoms with Gasteiger partial charge in [0.05, 0.1) is 7.11 Å². The highest BCUT2D eigenvalue weighted by Gasteiger charge is 2.18. The van der Waals surface area contributed by atoms with E-state index in [1.165, 1.54) is 6.42 Å². The first-order valence-electron chi connectivity index (χ1n) is 6.80. The molecule has 0 aliphatic carbocycles. The van der Waals surface area contributed by atoms with Crippen LogP contribution < -0.4 is 4.74 Å². The monoisotopic (exact) mass is 259 g/mol. The lowest BCUT2D eigenvalue weighted by molar-refractivity contribution is -0.127. The topological polar surface area (TPSA) is 29.5 Å². The first-order chi connectivity index (χ1) is 9.19. The molecule has 0 N–H and O–H groups in total. The molecule has 1 atom stereocenters. The Morgan fingerprint density at radius 1 is 1.37 bits per heavy atom. The van der Waals surface area contributed by atoms with Gasteiger partial charge in [-0.1, -0.05) is 19.1 Å². The van der Waals surface area contributed by atoms with Gasteiger partial charge in [-0.2, -0.15) is 0 Å². The quantitative estimate of drug-likeness (QED) is 0.781. The van der Waals surface area contributed by atoms with Gasteiger partial charge in [0.15, 0.2) is 0 Å². The molecule has 0 aromatic heterocycles. The van der Waals surface area contributed by atoms with Gasteiger partial charge in [-0.3, -0.25) is 4.79 Å². The molecule has 0 spiro atoms. The molecule has 0 bridgehead atoms. The number of ether oxygens (including phenoxy) is 1. The zero-order valence-corrected chi connectivity index (χ0v) is 11.6. The van der Waals surface area contributed by atoms with Crippen LogP contribution in [0, 0.1) is 5.92 Å². The van der Waals surface area contributed by atoms with Crippen LogP contribution in [0.5, 0.6) is 5.75 Å². The Bertz CT molecular complexity index is 450. The fourth-order valence-electron chi connectivity index (χ4n) is 2.38. The van der Waals surface area contributed by atoms with E-state index in [0.717, 1.165) is 30.8 Å². The molecule has 1 fully saturated rings. The molecule has 1 aliphatic heterocycles. The molecule has 0 unspecified atom stereocenters. The standard InChI is InChI=1S/C16H21NO2/c1-13-4-3-11-17(12-13)16(18)10-7-14-5-8-15(19-2)9-6-14/h5-10,13H,3-4,11-12H2,1-2H3/b10-7+/t13-/m0/s1. The van der Waals surface area contributed by atoms with Gasteiger partial charge in [0.25, 0.3) is 0 Å². The van der Waals surface area contributed by atoms with E-state index in [-0.39, 0.29) is 5.91 Å². The number of rotatable bonds is 3. The minimum atomic E-state index is 0.113. The van der Waals surface area contributed by atoms with Crippen LogP contribution >= 0.6 is 0 Å². The van der Waals surface area contributed by atoms with Crippen LogP contribution in [-0.2, 0) is 4.79 Å². The Labute approximate surface area is 114 Å². The molecule has 102 valence electrons. The minimum absolute atomic E-state index is 0.113. The summed E-state index contributed by atoms with van der Waals surface area (Å²) in [4.78, 5) is 14.0. The SMILES string of the molecule is COc1ccc(/C=C/C(=O)N2CCC[C@H](C)C2)cc1. The predicted molar refractivity (Wildman–Crippen MR) is 77.0 cm³/mol. The molecular formula is C16H21NO2. The van der Waals surface area contributed by atoms with Crippen molar-refractivity contribution < 1.29 is 9.53 Å². The molecule has 2 rings (SSSR count). The lowest BCUT2D eigenvalue weighted by Gasteiger charge is -2.30. The van der Waals surface area contributed by atoms with Crippen LogP contribution in [-0.4, -0.2) is 31.0 Å². The summed E-state index contributed by atoms with van der Waals surface area (Å²) in [6.07, 6.45) is 5.87. The molecule has 3 heteroatoms. The second kappa shape index (κ2) is 6.41. The Kier molecular flexibility index (Phi) is 4.61. The Balaban J connectivity index is 1.95. The average Bonchev–Trinajstić information content (AvgIpc) is 2.45. The minimum Gasteiger partial charge on any atom is -0.497 e. The lowest BCUT2D eigenvalue weighted by Crippen LogP contribution is -2.38. The van der Waals surface area contributed by atoms with Gasteiger partial charge in [0.1, 0.15) is 5.75 Å². The fourth-order valence-corrected chi connectivity index (χ4v) is 2.38. The van der Waals surface area contributed by atoms with Crippen molar-refractivity contribution in [1.82, 2.24) is 4.90 Å². The van der Waals surface area contributed by atoms with E-state index in [1.807, 2.05) is 35.2 Å². The number of methoxy groups -OCH3 is 1. The molecule has 1 heterocycles. The predicted octanol–water partition coefficient (Wildman–Crippen LogP) is 2.97. The summed E-state index contributed by atoms with van der Waals surface area (Å²) >= 11 is 0. The van der Waals surface area contributed by atoms with Crippen LogP contribution in [0.2, 0.25) is 0 Å². The summed E-state index contributed by atoms with van der Waals surface area (Å²) in [5.41, 5.74) is 1.01. The molecule has 19 heavy (non-hydrogen) atoms. The number of carbonyl (C=O) groups is 1. The second-order valence-corrected chi connectivity index (χ2v) is 5.14. The van der Waals surface area contributed by atoms with E-state index >= 15 is 0 Å². The number of carbonyl (C=O) groups excluding carboxylic acids is 1. The average molecular weight is 259 g/mol. The zero-order valence-electron chi connectivity index (χ0n) is 11.6. The second-order valence-electron chi connectivity index (χ2n) is 5.14. The molecule has 0 radical (unpaired) electrons. The molecule has 1 amide bonds. The maximum Gasteiger partial charge on any atom is 0.246 e. The fraction of sp³-hybridized carbons (Fsp3) is 0.438. The van der Waals surface area contributed by atoms with Gasteiger partial charge in [0, 0.05) is 19.2 Å². The van der Waals surface area contributed by atoms with E-state index in [9.17, 15) is 4.79 Å². The van der Waals surface area contributed by atoms with Gasteiger partial charge in [-0.05, 0) is 42.5 Å². The van der Waals surface area contributed by atoms with Crippen molar-refractivity contribution in [2.75, 3.05) is 20.2 Å². The number of piperidine rings is 1. The van der Waals surface area contributed by atoms with E-state index in [4.69, 9.17) is 4.74 Å². The van der Waals surface area contributed by atoms with Crippen LogP contribution in [0.1, 0.15) is 25.3 Å². The smallest absolute Gasteiger partial charge is 0.246 e. The van der Waals surface area contributed by atoms with E-state index < -0.39 is 0 Å². The lowest BCUT2D eigenvalue weighted by atomic mass is 10.0. The summed E-state index contributed by atoms with van der Waals surface area (Å²) < 4.78 is 5.10. The van der Waals surface area contributed by atoms with Crippen molar-refractivity contribution in [3.63, 3.8) is 0 Å². The van der Waals surface area contributed by atoms with Gasteiger partial charge in [-0.25, -0.2) is 0 Å². The summed E-state index contributed by atoms with van der Waals surface area (Å²) in [6.45, 7) is 3.97. The van der Waals surface area contributed by atoms with Gasteiger partial charge in [-0.15, -0.1) is 0 Å². The Hall–Kier alpha value is -1.77. The number of amides is 1. The van der Waals surface area contributed by atoms with Gasteiger partial charge in [0.2, 0.25) is 5.91 Å². The van der Waals surface area contributed by atoms with Crippen molar-refractivity contribution in [1.29, 1.82) is 0 Å². The highest BCUT2D eigenvalue weighted by atomic mass is 16.5. The Morgan fingerprint density at radius 2 is 2.11 bits per heavy atom. The first kappa shape index (κ1) is 13.7. The zero-order chi connectivity index (χ0) is 13.7. The summed E-state index contributed by atoms with van der Waals surface area (Å²) in [6, 6.07) is 7.68. The largest absolute Gasteiger partial charge is 0.497 e. The Morgan fingerprint density at radius 3 is 2.74 bits per heavy atom. The van der Waals surface area contributed by atoms with Crippen molar-refractivity contribution in [2.24, 2.45) is 5.92 Å². The van der Waals surface area contributed by atoms with Crippen molar-refractivity contribution in [3.05, 3.63) is 35.9 Å². The molecule has 0 saturated carbocycles. The van der Waals surface area contributed by atoms with Crippen molar-refractivity contribution in [3.8, 4) is 5.75 Å². The number of nitrogens with zero attached hydrogens (tertiary/aromatic N) is 1. The highest BCUT2D eigenvalue weighted by Crippen LogP contribution is 2.16. The van der Waals surface area contributed by atoms with E-state index in [2.05, 4.69) is 6.92 Å². The third-order valence-corrected chi connectivity index (χ3v) is 3.50. The van der Waals surface area contributed by atoms with Crippen LogP contribution in [0.3, 0.4) is 0 Å². The van der Waals surface area contributed by atoms with Gasteiger partial charge >= 0.3 is 0 Å². The molecule has 1 aliphatic rings. The molecule has 1 saturated heterocycles. The molecule has 1 aromatic rings. The van der Waals surface area contributed by atoms with Crippen LogP contribution in [0.25, 0.3) is 6.08 Å². The molecular weight excluding hydrogens is 238 g/mol. The molecule has 1 aromatic carbocycles. The summed E-state index contributed by atoms with van der Waals surface area (Å²) in [7, 11) is 1.64. The molecule has 3 nitrogen and oxygen atoms in total. The number of hydrogen-bond donors (Lipinski definition) is 0. The number of benzene rings is 1. The van der Waals surface area contributed by atoms with E-state index in [1.54, 1.807) is 13.2 Å².